The molecule has 0 fully saturated rings. The van der Waals surface area contributed by atoms with Crippen molar-refractivity contribution in [2.45, 2.75) is 39.8 Å². The van der Waals surface area contributed by atoms with E-state index in [1.807, 2.05) is 77.0 Å². The van der Waals surface area contributed by atoms with Gasteiger partial charge < -0.3 is 10.6 Å². The Bertz CT molecular complexity index is 828. The molecule has 2 amide bonds. The van der Waals surface area contributed by atoms with E-state index in [4.69, 9.17) is 0 Å². The van der Waals surface area contributed by atoms with Crippen molar-refractivity contribution < 1.29 is 9.59 Å². The summed E-state index contributed by atoms with van der Waals surface area (Å²) in [6.45, 7) is 7.75. The summed E-state index contributed by atoms with van der Waals surface area (Å²) >= 11 is 0. The maximum Gasteiger partial charge on any atom is 0.251 e. The fraction of sp³-hybridized carbons (Fsp3) is 0.364. The molecule has 0 aliphatic heterocycles. The molecule has 5 heteroatoms. The van der Waals surface area contributed by atoms with Gasteiger partial charge in [0.25, 0.3) is 5.91 Å². The molecule has 5 nitrogen and oxygen atoms in total. The maximum absolute atomic E-state index is 13.0. The Morgan fingerprint density at radius 2 is 1.70 bits per heavy atom. The van der Waals surface area contributed by atoms with E-state index in [0.717, 1.165) is 16.7 Å². The zero-order chi connectivity index (χ0) is 20.1. The van der Waals surface area contributed by atoms with E-state index in [9.17, 15) is 9.59 Å². The van der Waals surface area contributed by atoms with Crippen LogP contribution in [0.4, 0.5) is 5.69 Å². The predicted molar refractivity (Wildman–Crippen MR) is 110 cm³/mol. The molecule has 144 valence electrons. The van der Waals surface area contributed by atoms with Gasteiger partial charge >= 0.3 is 0 Å². The molecule has 0 bridgehead atoms. The quantitative estimate of drug-likeness (QED) is 0.819. The third-order valence-corrected chi connectivity index (χ3v) is 4.30. The van der Waals surface area contributed by atoms with Crippen LogP contribution in [-0.2, 0) is 4.79 Å². The average molecular weight is 367 g/mol. The molecule has 0 aromatic heterocycles. The molecule has 2 N–H and O–H groups in total. The average Bonchev–Trinajstić information content (AvgIpc) is 2.56. The Kier molecular flexibility index (Phi) is 6.75. The highest BCUT2D eigenvalue weighted by Crippen LogP contribution is 2.24. The number of amides is 2. The first kappa shape index (κ1) is 20.6. The number of likely N-dealkylation sites (N-methyl/N-ethyl adjacent to an activating group) is 1. The third kappa shape index (κ3) is 5.41. The van der Waals surface area contributed by atoms with Gasteiger partial charge in [0, 0.05) is 17.3 Å². The third-order valence-electron chi connectivity index (χ3n) is 4.30. The van der Waals surface area contributed by atoms with E-state index in [1.54, 1.807) is 12.1 Å². The van der Waals surface area contributed by atoms with Crippen LogP contribution in [0.1, 0.15) is 46.9 Å². The number of carbonyl (C=O) groups is 2. The van der Waals surface area contributed by atoms with E-state index >= 15 is 0 Å². The van der Waals surface area contributed by atoms with Crippen LogP contribution < -0.4 is 10.6 Å². The fourth-order valence-electron chi connectivity index (χ4n) is 2.97. The lowest BCUT2D eigenvalue weighted by atomic mass is 10.0. The number of hydrogen-bond acceptors (Lipinski definition) is 3. The van der Waals surface area contributed by atoms with Gasteiger partial charge in [0.05, 0.1) is 0 Å². The van der Waals surface area contributed by atoms with Crippen LogP contribution in [0.3, 0.4) is 0 Å². The van der Waals surface area contributed by atoms with Gasteiger partial charge in [-0.3, -0.25) is 14.5 Å². The number of hydrogen-bond donors (Lipinski definition) is 2. The zero-order valence-corrected chi connectivity index (χ0v) is 17.0. The molecule has 0 aliphatic carbocycles. The molecule has 1 atom stereocenters. The Morgan fingerprint density at radius 1 is 1.00 bits per heavy atom. The second kappa shape index (κ2) is 8.82. The highest BCUT2D eigenvalue weighted by Gasteiger charge is 2.24. The van der Waals surface area contributed by atoms with Crippen LogP contribution in [0, 0.1) is 13.8 Å². The maximum atomic E-state index is 13.0. The van der Waals surface area contributed by atoms with Gasteiger partial charge in [0.2, 0.25) is 5.91 Å². The largest absolute Gasteiger partial charge is 0.350 e. The van der Waals surface area contributed by atoms with Crippen molar-refractivity contribution in [3.05, 3.63) is 64.7 Å². The van der Waals surface area contributed by atoms with Gasteiger partial charge in [-0.15, -0.1) is 0 Å². The van der Waals surface area contributed by atoms with Crippen molar-refractivity contribution in [2.24, 2.45) is 0 Å². The lowest BCUT2D eigenvalue weighted by Gasteiger charge is -2.24. The van der Waals surface area contributed by atoms with Gasteiger partial charge in [-0.2, -0.15) is 0 Å². The minimum atomic E-state index is -0.419. The molecule has 2 rings (SSSR count). The second-order valence-electron chi connectivity index (χ2n) is 7.43. The van der Waals surface area contributed by atoms with Crippen LogP contribution in [0.2, 0.25) is 0 Å². The van der Waals surface area contributed by atoms with Crippen molar-refractivity contribution in [1.29, 1.82) is 0 Å². The van der Waals surface area contributed by atoms with Gasteiger partial charge in [-0.25, -0.2) is 0 Å². The number of nitrogens with zero attached hydrogens (tertiary/aromatic N) is 1. The lowest BCUT2D eigenvalue weighted by Crippen LogP contribution is -2.33. The van der Waals surface area contributed by atoms with Gasteiger partial charge in [-0.1, -0.05) is 35.9 Å². The number of aryl methyl sites for hydroxylation is 2. The van der Waals surface area contributed by atoms with E-state index in [-0.39, 0.29) is 17.9 Å². The van der Waals surface area contributed by atoms with Crippen LogP contribution in [0.25, 0.3) is 0 Å². The van der Waals surface area contributed by atoms with Gasteiger partial charge in [-0.05, 0) is 65.0 Å². The van der Waals surface area contributed by atoms with E-state index in [0.29, 0.717) is 11.3 Å². The van der Waals surface area contributed by atoms with Gasteiger partial charge in [0.1, 0.15) is 6.04 Å². The molecule has 0 spiro atoms. The molecule has 1 unspecified atom stereocenters. The SMILES string of the molecule is Cc1cccc(C(C(=O)Nc2cc(C(=O)NC(C)C)ccc2C)N(C)C)c1. The van der Waals surface area contributed by atoms with E-state index in [1.165, 1.54) is 0 Å². The molecular formula is C22H29N3O2. The Morgan fingerprint density at radius 3 is 2.30 bits per heavy atom. The summed E-state index contributed by atoms with van der Waals surface area (Å²) in [5, 5.41) is 5.87. The summed E-state index contributed by atoms with van der Waals surface area (Å²) in [7, 11) is 3.76. The normalized spacial score (nSPS) is 12.1. The first-order chi connectivity index (χ1) is 12.7. The first-order valence-electron chi connectivity index (χ1n) is 9.14. The summed E-state index contributed by atoms with van der Waals surface area (Å²) < 4.78 is 0. The van der Waals surface area contributed by atoms with Gasteiger partial charge in [0.15, 0.2) is 0 Å². The molecule has 2 aromatic rings. The second-order valence-corrected chi connectivity index (χ2v) is 7.43. The molecule has 0 aliphatic rings. The summed E-state index contributed by atoms with van der Waals surface area (Å²) in [6.07, 6.45) is 0. The topological polar surface area (TPSA) is 61.4 Å². The number of nitrogens with one attached hydrogen (secondary N) is 2. The molecule has 0 radical (unpaired) electrons. The fourth-order valence-corrected chi connectivity index (χ4v) is 2.97. The van der Waals surface area contributed by atoms with Crippen LogP contribution in [0.15, 0.2) is 42.5 Å². The molecule has 27 heavy (non-hydrogen) atoms. The van der Waals surface area contributed by atoms with Crippen molar-refractivity contribution in [3.8, 4) is 0 Å². The standard InChI is InChI=1S/C22H29N3O2/c1-14(2)23-21(26)18-11-10-16(4)19(13-18)24-22(27)20(25(5)6)17-9-7-8-15(3)12-17/h7-14,20H,1-6H3,(H,23,26)(H,24,27). The van der Waals surface area contributed by atoms with Crippen molar-refractivity contribution in [2.75, 3.05) is 19.4 Å². The summed E-state index contributed by atoms with van der Waals surface area (Å²) in [5.41, 5.74) is 4.13. The smallest absolute Gasteiger partial charge is 0.251 e. The van der Waals surface area contributed by atoms with E-state index in [2.05, 4.69) is 10.6 Å². The number of benzene rings is 2. The summed E-state index contributed by atoms with van der Waals surface area (Å²) in [5.74, 6) is -0.279. The number of rotatable bonds is 6. The summed E-state index contributed by atoms with van der Waals surface area (Å²) in [6, 6.07) is 12.9. The lowest BCUT2D eigenvalue weighted by molar-refractivity contribution is -0.120. The van der Waals surface area contributed by atoms with Crippen LogP contribution in [0.5, 0.6) is 0 Å². The molecular weight excluding hydrogens is 338 g/mol. The Balaban J connectivity index is 2.28. The first-order valence-corrected chi connectivity index (χ1v) is 9.14. The highest BCUT2D eigenvalue weighted by atomic mass is 16.2. The Labute approximate surface area is 161 Å². The zero-order valence-electron chi connectivity index (χ0n) is 17.0. The van der Waals surface area contributed by atoms with Crippen molar-refractivity contribution in [1.82, 2.24) is 10.2 Å². The molecule has 2 aromatic carbocycles. The molecule has 0 saturated carbocycles. The van der Waals surface area contributed by atoms with Crippen LogP contribution in [-0.4, -0.2) is 36.9 Å². The highest BCUT2D eigenvalue weighted by molar-refractivity contribution is 5.99. The Hall–Kier alpha value is -2.66. The predicted octanol–water partition coefficient (Wildman–Crippen LogP) is 3.68. The number of anilines is 1. The van der Waals surface area contributed by atoms with E-state index < -0.39 is 6.04 Å². The van der Waals surface area contributed by atoms with Crippen molar-refractivity contribution in [3.63, 3.8) is 0 Å². The monoisotopic (exact) mass is 367 g/mol. The molecule has 0 heterocycles. The van der Waals surface area contributed by atoms with Crippen LogP contribution >= 0.6 is 0 Å². The number of carbonyl (C=O) groups excluding carboxylic acids is 2. The minimum Gasteiger partial charge on any atom is -0.350 e. The van der Waals surface area contributed by atoms with Crippen molar-refractivity contribution >= 4 is 17.5 Å². The molecule has 0 saturated heterocycles. The minimum absolute atomic E-state index is 0.0521. The summed E-state index contributed by atoms with van der Waals surface area (Å²) in [4.78, 5) is 27.2.